The van der Waals surface area contributed by atoms with Gasteiger partial charge in [-0.05, 0) is 26.0 Å². The summed E-state index contributed by atoms with van der Waals surface area (Å²) in [6.45, 7) is 3.22. The highest BCUT2D eigenvalue weighted by Crippen LogP contribution is 2.26. The number of hydrogen-bond donors (Lipinski definition) is 2. The highest BCUT2D eigenvalue weighted by Gasteiger charge is 2.42. The smallest absolute Gasteiger partial charge is 0.183 e. The number of aliphatic hydroxyl groups excluding tert-OH is 1. The molecule has 1 atom stereocenters. The quantitative estimate of drug-likeness (QED) is 0.667. The molecule has 1 aliphatic rings. The first-order valence-electron chi connectivity index (χ1n) is 4.60. The molecule has 4 heteroatoms. The van der Waals surface area contributed by atoms with Crippen LogP contribution in [0.3, 0.4) is 0 Å². The summed E-state index contributed by atoms with van der Waals surface area (Å²) >= 11 is 0. The normalized spacial score (nSPS) is 25.7. The van der Waals surface area contributed by atoms with Gasteiger partial charge >= 0.3 is 0 Å². The standard InChI is InChI=1S/C10H16N2O2/c1-9(2,11)8(14)10(5-7-13)4-3-6-12-10/h3-4,6,13H,5,7,11H2,1-2H3. The molecule has 1 rings (SSSR count). The minimum absolute atomic E-state index is 0.0799. The molecule has 78 valence electrons. The van der Waals surface area contributed by atoms with Crippen LogP contribution in [0.15, 0.2) is 17.1 Å². The van der Waals surface area contributed by atoms with Crippen LogP contribution >= 0.6 is 0 Å². The van der Waals surface area contributed by atoms with E-state index in [0.29, 0.717) is 6.42 Å². The molecule has 0 spiro atoms. The number of nitrogens with zero attached hydrogens (tertiary/aromatic N) is 1. The van der Waals surface area contributed by atoms with Crippen LogP contribution in [-0.2, 0) is 4.79 Å². The van der Waals surface area contributed by atoms with E-state index in [0.717, 1.165) is 0 Å². The maximum Gasteiger partial charge on any atom is 0.183 e. The van der Waals surface area contributed by atoms with E-state index in [1.807, 2.05) is 0 Å². The van der Waals surface area contributed by atoms with Gasteiger partial charge in [0.2, 0.25) is 0 Å². The zero-order valence-electron chi connectivity index (χ0n) is 8.53. The number of rotatable bonds is 4. The first kappa shape index (κ1) is 11.1. The molecular weight excluding hydrogens is 180 g/mol. The molecule has 0 bridgehead atoms. The molecule has 0 aromatic rings. The van der Waals surface area contributed by atoms with E-state index >= 15 is 0 Å². The molecule has 0 aromatic carbocycles. The predicted octanol–water partition coefficient (Wildman–Crippen LogP) is 0.0546. The summed E-state index contributed by atoms with van der Waals surface area (Å²) in [5.41, 5.74) is 3.87. The van der Waals surface area contributed by atoms with Crippen molar-refractivity contribution in [2.45, 2.75) is 31.3 Å². The van der Waals surface area contributed by atoms with Gasteiger partial charge in [-0.15, -0.1) is 0 Å². The Morgan fingerprint density at radius 2 is 2.29 bits per heavy atom. The van der Waals surface area contributed by atoms with Crippen molar-refractivity contribution in [1.82, 2.24) is 0 Å². The van der Waals surface area contributed by atoms with Crippen molar-refractivity contribution in [1.29, 1.82) is 0 Å². The lowest BCUT2D eigenvalue weighted by Gasteiger charge is -2.29. The van der Waals surface area contributed by atoms with Gasteiger partial charge in [0.25, 0.3) is 0 Å². The van der Waals surface area contributed by atoms with Gasteiger partial charge in [-0.2, -0.15) is 0 Å². The zero-order chi connectivity index (χ0) is 10.8. The molecule has 0 saturated heterocycles. The number of allylic oxidation sites excluding steroid dienone is 1. The third-order valence-corrected chi connectivity index (χ3v) is 2.23. The van der Waals surface area contributed by atoms with E-state index in [4.69, 9.17) is 10.8 Å². The van der Waals surface area contributed by atoms with Crippen LogP contribution in [0.25, 0.3) is 0 Å². The fourth-order valence-electron chi connectivity index (χ4n) is 1.55. The Balaban J connectivity index is 2.96. The highest BCUT2D eigenvalue weighted by molar-refractivity contribution is 6.01. The second-order valence-corrected chi connectivity index (χ2v) is 4.09. The zero-order valence-corrected chi connectivity index (χ0v) is 8.53. The molecule has 0 saturated carbocycles. The fraction of sp³-hybridized carbons (Fsp3) is 0.600. The fourth-order valence-corrected chi connectivity index (χ4v) is 1.55. The van der Waals surface area contributed by atoms with Crippen molar-refractivity contribution < 1.29 is 9.90 Å². The van der Waals surface area contributed by atoms with Gasteiger partial charge in [0, 0.05) is 19.2 Å². The lowest BCUT2D eigenvalue weighted by atomic mass is 9.82. The monoisotopic (exact) mass is 196 g/mol. The van der Waals surface area contributed by atoms with E-state index in [1.165, 1.54) is 0 Å². The molecular formula is C10H16N2O2. The van der Waals surface area contributed by atoms with Crippen LogP contribution < -0.4 is 5.73 Å². The van der Waals surface area contributed by atoms with E-state index in [9.17, 15) is 4.79 Å². The first-order valence-corrected chi connectivity index (χ1v) is 4.60. The molecule has 0 radical (unpaired) electrons. The van der Waals surface area contributed by atoms with Gasteiger partial charge in [0.15, 0.2) is 5.78 Å². The summed E-state index contributed by atoms with van der Waals surface area (Å²) in [4.78, 5) is 16.1. The summed E-state index contributed by atoms with van der Waals surface area (Å²) in [5.74, 6) is -0.163. The Bertz CT molecular complexity index is 275. The van der Waals surface area contributed by atoms with Gasteiger partial charge in [-0.1, -0.05) is 0 Å². The van der Waals surface area contributed by atoms with Crippen molar-refractivity contribution in [3.05, 3.63) is 12.2 Å². The molecule has 1 unspecified atom stereocenters. The predicted molar refractivity (Wildman–Crippen MR) is 55.3 cm³/mol. The molecule has 14 heavy (non-hydrogen) atoms. The third-order valence-electron chi connectivity index (χ3n) is 2.23. The van der Waals surface area contributed by atoms with Crippen LogP contribution in [0, 0.1) is 0 Å². The van der Waals surface area contributed by atoms with Crippen LogP contribution in [0.1, 0.15) is 20.3 Å². The number of carbonyl (C=O) groups is 1. The molecule has 0 aliphatic carbocycles. The average molecular weight is 196 g/mol. The topological polar surface area (TPSA) is 75.7 Å². The Hall–Kier alpha value is -1.00. The average Bonchev–Trinajstić information content (AvgIpc) is 2.52. The lowest BCUT2D eigenvalue weighted by Crippen LogP contribution is -2.52. The Morgan fingerprint density at radius 3 is 2.64 bits per heavy atom. The van der Waals surface area contributed by atoms with E-state index in [-0.39, 0.29) is 12.4 Å². The Labute approximate surface area is 83.5 Å². The highest BCUT2D eigenvalue weighted by atomic mass is 16.3. The molecule has 0 amide bonds. The van der Waals surface area contributed by atoms with Gasteiger partial charge in [0.1, 0.15) is 5.54 Å². The largest absolute Gasteiger partial charge is 0.396 e. The minimum atomic E-state index is -0.938. The number of nitrogens with two attached hydrogens (primary N) is 1. The SMILES string of the molecule is CC(C)(N)C(=O)C1(CCO)C=CC=N1. The van der Waals surface area contributed by atoms with Gasteiger partial charge in [-0.3, -0.25) is 9.79 Å². The summed E-state index contributed by atoms with van der Waals surface area (Å²) < 4.78 is 0. The number of carbonyl (C=O) groups excluding carboxylic acids is 1. The lowest BCUT2D eigenvalue weighted by molar-refractivity contribution is -0.127. The Kier molecular flexibility index (Phi) is 2.87. The first-order chi connectivity index (χ1) is 6.42. The Morgan fingerprint density at radius 1 is 1.64 bits per heavy atom. The number of ketones is 1. The maximum absolute atomic E-state index is 12.0. The summed E-state index contributed by atoms with van der Waals surface area (Å²) in [7, 11) is 0. The van der Waals surface area contributed by atoms with Crippen molar-refractivity contribution in [3.63, 3.8) is 0 Å². The van der Waals surface area contributed by atoms with Crippen LogP contribution in [-0.4, -0.2) is 34.8 Å². The molecule has 0 aromatic heterocycles. The molecule has 1 aliphatic heterocycles. The number of aliphatic imine (C=N–C) groups is 1. The molecule has 1 heterocycles. The van der Waals surface area contributed by atoms with Crippen LogP contribution in [0.5, 0.6) is 0 Å². The van der Waals surface area contributed by atoms with Crippen molar-refractivity contribution in [2.75, 3.05) is 6.61 Å². The molecule has 4 nitrogen and oxygen atoms in total. The number of Topliss-reactive ketones (excluding diaryl/α,β-unsaturated/α-hetero) is 1. The third kappa shape index (κ3) is 1.91. The van der Waals surface area contributed by atoms with Crippen molar-refractivity contribution >= 4 is 12.0 Å². The number of hydrogen-bond acceptors (Lipinski definition) is 4. The minimum Gasteiger partial charge on any atom is -0.396 e. The summed E-state index contributed by atoms with van der Waals surface area (Å²) in [5, 5.41) is 8.91. The van der Waals surface area contributed by atoms with E-state index < -0.39 is 11.1 Å². The van der Waals surface area contributed by atoms with Gasteiger partial charge in [0.05, 0.1) is 5.54 Å². The van der Waals surface area contributed by atoms with Crippen molar-refractivity contribution in [2.24, 2.45) is 10.7 Å². The van der Waals surface area contributed by atoms with Gasteiger partial charge < -0.3 is 10.8 Å². The number of aliphatic hydroxyl groups is 1. The second-order valence-electron chi connectivity index (χ2n) is 4.09. The summed E-state index contributed by atoms with van der Waals surface area (Å²) in [6.07, 6.45) is 5.26. The molecule has 3 N–H and O–H groups in total. The summed E-state index contributed by atoms with van der Waals surface area (Å²) in [6, 6.07) is 0. The second kappa shape index (κ2) is 3.63. The van der Waals surface area contributed by atoms with Crippen molar-refractivity contribution in [3.8, 4) is 0 Å². The maximum atomic E-state index is 12.0. The van der Waals surface area contributed by atoms with E-state index in [1.54, 1.807) is 32.2 Å². The van der Waals surface area contributed by atoms with Crippen LogP contribution in [0.2, 0.25) is 0 Å². The van der Waals surface area contributed by atoms with E-state index in [2.05, 4.69) is 4.99 Å². The van der Waals surface area contributed by atoms with Crippen LogP contribution in [0.4, 0.5) is 0 Å². The van der Waals surface area contributed by atoms with Gasteiger partial charge in [-0.25, -0.2) is 0 Å². The molecule has 0 fully saturated rings.